The second kappa shape index (κ2) is 9.75. The minimum Gasteiger partial charge on any atom is -0.449 e. The maximum Gasteiger partial charge on any atom is 0.336 e. The van der Waals surface area contributed by atoms with Gasteiger partial charge in [0.2, 0.25) is 0 Å². The van der Waals surface area contributed by atoms with E-state index in [1.807, 2.05) is 55.5 Å². The number of rotatable bonds is 8. The molecule has 4 rings (SSSR count). The van der Waals surface area contributed by atoms with Crippen molar-refractivity contribution in [3.05, 3.63) is 72.6 Å². The van der Waals surface area contributed by atoms with Gasteiger partial charge in [0.05, 0.1) is 5.69 Å². The van der Waals surface area contributed by atoms with Gasteiger partial charge in [-0.25, -0.2) is 4.68 Å². The van der Waals surface area contributed by atoms with Gasteiger partial charge in [-0.15, -0.1) is 5.10 Å². The lowest BCUT2D eigenvalue weighted by atomic mass is 9.74. The van der Waals surface area contributed by atoms with Gasteiger partial charge in [0.15, 0.2) is 6.10 Å². The van der Waals surface area contributed by atoms with Gasteiger partial charge in [-0.1, -0.05) is 55.5 Å². The Hall–Kier alpha value is -3.19. The van der Waals surface area contributed by atoms with E-state index in [4.69, 9.17) is 9.47 Å². The van der Waals surface area contributed by atoms with E-state index in [9.17, 15) is 4.79 Å². The molecule has 2 heterocycles. The summed E-state index contributed by atoms with van der Waals surface area (Å²) in [5.41, 5.74) is 1.99. The van der Waals surface area contributed by atoms with Crippen molar-refractivity contribution in [2.45, 2.75) is 37.7 Å². The third-order valence-electron chi connectivity index (χ3n) is 5.84. The fourth-order valence-electron chi connectivity index (χ4n) is 3.95. The monoisotopic (exact) mass is 420 g/mol. The van der Waals surface area contributed by atoms with Crippen LogP contribution in [0.2, 0.25) is 0 Å². The molecule has 7 heteroatoms. The Morgan fingerprint density at radius 3 is 2.48 bits per heavy atom. The summed E-state index contributed by atoms with van der Waals surface area (Å²) in [4.78, 5) is 17.1. The normalized spacial score (nSPS) is 16.4. The SMILES string of the molecule is CCC(Oc1ncn(-c2ccccc2)n1)C(=O)NCC1(c2ccccc2)CCOCC1. The highest BCUT2D eigenvalue weighted by Crippen LogP contribution is 2.34. The van der Waals surface area contributed by atoms with Crippen molar-refractivity contribution in [1.82, 2.24) is 20.1 Å². The number of amides is 1. The zero-order valence-corrected chi connectivity index (χ0v) is 17.7. The summed E-state index contributed by atoms with van der Waals surface area (Å²) in [6.07, 6.45) is 3.20. The summed E-state index contributed by atoms with van der Waals surface area (Å²) < 4.78 is 13.0. The second-order valence-electron chi connectivity index (χ2n) is 7.80. The number of ether oxygens (including phenoxy) is 2. The van der Waals surface area contributed by atoms with Crippen LogP contribution in [-0.4, -0.2) is 46.5 Å². The number of para-hydroxylation sites is 1. The summed E-state index contributed by atoms with van der Waals surface area (Å²) >= 11 is 0. The zero-order valence-electron chi connectivity index (χ0n) is 17.7. The van der Waals surface area contributed by atoms with E-state index in [2.05, 4.69) is 27.5 Å². The highest BCUT2D eigenvalue weighted by Gasteiger charge is 2.35. The van der Waals surface area contributed by atoms with Crippen LogP contribution in [-0.2, 0) is 14.9 Å². The largest absolute Gasteiger partial charge is 0.449 e. The molecule has 1 aliphatic heterocycles. The number of nitrogens with zero attached hydrogens (tertiary/aromatic N) is 3. The molecule has 1 aromatic heterocycles. The predicted molar refractivity (Wildman–Crippen MR) is 117 cm³/mol. The van der Waals surface area contributed by atoms with Crippen LogP contribution in [0, 0.1) is 0 Å². The molecular formula is C24H28N4O3. The van der Waals surface area contributed by atoms with Gasteiger partial charge in [0, 0.05) is 25.2 Å². The standard InChI is InChI=1S/C24H28N4O3/c1-2-21(31-23-26-18-28(27-23)20-11-7-4-8-12-20)22(29)25-17-24(13-15-30-16-14-24)19-9-5-3-6-10-19/h3-12,18,21H,2,13-17H2,1H3,(H,25,29). The van der Waals surface area contributed by atoms with E-state index in [-0.39, 0.29) is 17.3 Å². The Labute approximate surface area is 182 Å². The van der Waals surface area contributed by atoms with Gasteiger partial charge in [-0.3, -0.25) is 4.79 Å². The minimum absolute atomic E-state index is 0.124. The molecule has 1 aliphatic rings. The molecular weight excluding hydrogens is 392 g/mol. The Balaban J connectivity index is 1.41. The van der Waals surface area contributed by atoms with Crippen LogP contribution in [0.5, 0.6) is 6.01 Å². The van der Waals surface area contributed by atoms with Crippen molar-refractivity contribution in [3.8, 4) is 11.7 Å². The summed E-state index contributed by atoms with van der Waals surface area (Å²) in [6.45, 7) is 3.85. The molecule has 31 heavy (non-hydrogen) atoms. The average Bonchev–Trinajstić information content (AvgIpc) is 3.31. The van der Waals surface area contributed by atoms with Crippen LogP contribution in [0.4, 0.5) is 0 Å². The van der Waals surface area contributed by atoms with Gasteiger partial charge in [0.1, 0.15) is 6.33 Å². The average molecular weight is 421 g/mol. The van der Waals surface area contributed by atoms with E-state index in [0.29, 0.717) is 26.2 Å². The Kier molecular flexibility index (Phi) is 6.62. The number of hydrogen-bond donors (Lipinski definition) is 1. The molecule has 1 saturated heterocycles. The first-order valence-corrected chi connectivity index (χ1v) is 10.7. The summed E-state index contributed by atoms with van der Waals surface area (Å²) in [6, 6.07) is 20.2. The van der Waals surface area contributed by atoms with E-state index in [0.717, 1.165) is 18.5 Å². The van der Waals surface area contributed by atoms with Crippen molar-refractivity contribution in [2.24, 2.45) is 0 Å². The molecule has 7 nitrogen and oxygen atoms in total. The van der Waals surface area contributed by atoms with Gasteiger partial charge < -0.3 is 14.8 Å². The topological polar surface area (TPSA) is 78.3 Å². The molecule has 0 aliphatic carbocycles. The zero-order chi connectivity index (χ0) is 21.5. The van der Waals surface area contributed by atoms with E-state index in [1.54, 1.807) is 11.0 Å². The van der Waals surface area contributed by atoms with Crippen LogP contribution < -0.4 is 10.1 Å². The first-order chi connectivity index (χ1) is 15.2. The van der Waals surface area contributed by atoms with E-state index < -0.39 is 6.10 Å². The van der Waals surface area contributed by atoms with Crippen LogP contribution >= 0.6 is 0 Å². The molecule has 0 saturated carbocycles. The summed E-state index contributed by atoms with van der Waals surface area (Å²) in [7, 11) is 0. The fraction of sp³-hybridized carbons (Fsp3) is 0.375. The molecule has 1 atom stereocenters. The van der Waals surface area contributed by atoms with Crippen molar-refractivity contribution < 1.29 is 14.3 Å². The van der Waals surface area contributed by atoms with Crippen molar-refractivity contribution in [1.29, 1.82) is 0 Å². The van der Waals surface area contributed by atoms with E-state index in [1.165, 1.54) is 5.56 Å². The number of carbonyl (C=O) groups excluding carboxylic acids is 1. The molecule has 1 fully saturated rings. The van der Waals surface area contributed by atoms with Crippen molar-refractivity contribution in [2.75, 3.05) is 19.8 Å². The lowest BCUT2D eigenvalue weighted by Gasteiger charge is -2.38. The molecule has 0 spiro atoms. The lowest BCUT2D eigenvalue weighted by Crippen LogP contribution is -2.48. The molecule has 2 aromatic carbocycles. The highest BCUT2D eigenvalue weighted by molar-refractivity contribution is 5.81. The molecule has 162 valence electrons. The maximum absolute atomic E-state index is 12.9. The van der Waals surface area contributed by atoms with Crippen molar-refractivity contribution in [3.63, 3.8) is 0 Å². The van der Waals surface area contributed by atoms with Crippen LogP contribution in [0.15, 0.2) is 67.0 Å². The van der Waals surface area contributed by atoms with Crippen LogP contribution in [0.25, 0.3) is 5.69 Å². The van der Waals surface area contributed by atoms with Gasteiger partial charge in [0.25, 0.3) is 5.91 Å². The molecule has 0 radical (unpaired) electrons. The van der Waals surface area contributed by atoms with E-state index >= 15 is 0 Å². The van der Waals surface area contributed by atoms with Gasteiger partial charge in [-0.05, 0) is 37.0 Å². The number of aromatic nitrogens is 3. The quantitative estimate of drug-likeness (QED) is 0.605. The third kappa shape index (κ3) is 4.94. The molecule has 1 unspecified atom stereocenters. The molecule has 1 N–H and O–H groups in total. The molecule has 0 bridgehead atoms. The smallest absolute Gasteiger partial charge is 0.336 e. The number of hydrogen-bond acceptors (Lipinski definition) is 5. The second-order valence-corrected chi connectivity index (χ2v) is 7.80. The van der Waals surface area contributed by atoms with Crippen molar-refractivity contribution >= 4 is 5.91 Å². The minimum atomic E-state index is -0.653. The Bertz CT molecular complexity index is 969. The Morgan fingerprint density at radius 1 is 1.13 bits per heavy atom. The molecule has 1 amide bonds. The van der Waals surface area contributed by atoms with Gasteiger partial charge in [-0.2, -0.15) is 4.98 Å². The lowest BCUT2D eigenvalue weighted by molar-refractivity contribution is -0.128. The third-order valence-corrected chi connectivity index (χ3v) is 5.84. The predicted octanol–water partition coefficient (Wildman–Crippen LogP) is 3.29. The summed E-state index contributed by atoms with van der Waals surface area (Å²) in [5, 5.41) is 7.47. The number of nitrogens with one attached hydrogen (secondary N) is 1. The fourth-order valence-corrected chi connectivity index (χ4v) is 3.95. The van der Waals surface area contributed by atoms with Crippen LogP contribution in [0.3, 0.4) is 0 Å². The summed E-state index contributed by atoms with van der Waals surface area (Å²) in [5.74, 6) is -0.152. The number of carbonyl (C=O) groups is 1. The first-order valence-electron chi connectivity index (χ1n) is 10.7. The van der Waals surface area contributed by atoms with Crippen LogP contribution in [0.1, 0.15) is 31.7 Å². The molecule has 3 aromatic rings. The number of benzene rings is 2. The maximum atomic E-state index is 12.9. The first kappa shape index (κ1) is 21.1. The highest BCUT2D eigenvalue weighted by atomic mass is 16.5. The van der Waals surface area contributed by atoms with Gasteiger partial charge >= 0.3 is 6.01 Å². The Morgan fingerprint density at radius 2 is 1.81 bits per heavy atom.